The molecule has 0 fully saturated rings. The number of aromatic nitrogens is 1. The van der Waals surface area contributed by atoms with Crippen molar-refractivity contribution in [3.63, 3.8) is 0 Å². The van der Waals surface area contributed by atoms with Crippen LogP contribution in [-0.4, -0.2) is 10.9 Å². The smallest absolute Gasteiger partial charge is 0.267 e. The first kappa shape index (κ1) is 18.3. The molecule has 1 aliphatic rings. The summed E-state index contributed by atoms with van der Waals surface area (Å²) in [6.45, 7) is 2.07. The summed E-state index contributed by atoms with van der Waals surface area (Å²) in [6.07, 6.45) is 3.16. The van der Waals surface area contributed by atoms with Crippen molar-refractivity contribution >= 4 is 38.3 Å². The van der Waals surface area contributed by atoms with Crippen LogP contribution in [-0.2, 0) is 0 Å². The molecule has 3 aromatic carbocycles. The number of hydrogen-bond donors (Lipinski definition) is 0. The Kier molecular flexibility index (Phi) is 3.82. The molecule has 0 unspecified atom stereocenters. The minimum atomic E-state index is -2.71. The number of alkyl halides is 2. The number of halogens is 2. The standard InChI is InChI=1S/C27H19F2NO/c1-16-12-22-21-4-2-3-5-24(21)31-26(22)23(13-16)25-20-7-6-17(14-18(20)9-11-30-25)19-8-10-27(28,29)15-19/h2-7,9,11-15H,8,10H2,1H3. The van der Waals surface area contributed by atoms with E-state index in [0.29, 0.717) is 12.0 Å². The van der Waals surface area contributed by atoms with E-state index in [9.17, 15) is 8.78 Å². The zero-order chi connectivity index (χ0) is 21.2. The third-order valence-corrected chi connectivity index (χ3v) is 6.13. The number of nitrogens with zero attached hydrogens (tertiary/aromatic N) is 1. The Morgan fingerprint density at radius 2 is 1.81 bits per heavy atom. The number of furan rings is 1. The van der Waals surface area contributed by atoms with Crippen molar-refractivity contribution in [1.82, 2.24) is 4.98 Å². The van der Waals surface area contributed by atoms with E-state index in [2.05, 4.69) is 25.1 Å². The Labute approximate surface area is 177 Å². The Hall–Kier alpha value is -3.53. The molecule has 2 heterocycles. The van der Waals surface area contributed by atoms with E-state index in [1.165, 1.54) is 0 Å². The lowest BCUT2D eigenvalue weighted by Crippen LogP contribution is -2.05. The van der Waals surface area contributed by atoms with E-state index in [0.717, 1.165) is 61.2 Å². The van der Waals surface area contributed by atoms with E-state index < -0.39 is 5.92 Å². The number of benzene rings is 3. The third kappa shape index (κ3) is 2.94. The number of para-hydroxylation sites is 1. The highest BCUT2D eigenvalue weighted by atomic mass is 19.3. The quantitative estimate of drug-likeness (QED) is 0.295. The summed E-state index contributed by atoms with van der Waals surface area (Å²) < 4.78 is 33.6. The maximum atomic E-state index is 13.7. The average Bonchev–Trinajstić information content (AvgIpc) is 3.32. The zero-order valence-corrected chi connectivity index (χ0v) is 17.0. The summed E-state index contributed by atoms with van der Waals surface area (Å²) in [6, 6.07) is 20.1. The van der Waals surface area contributed by atoms with Crippen LogP contribution in [0.1, 0.15) is 24.0 Å². The fourth-order valence-electron chi connectivity index (χ4n) is 4.67. The van der Waals surface area contributed by atoms with Gasteiger partial charge in [0.15, 0.2) is 0 Å². The Morgan fingerprint density at radius 3 is 2.65 bits per heavy atom. The highest BCUT2D eigenvalue weighted by molar-refractivity contribution is 6.12. The molecule has 4 heteroatoms. The van der Waals surface area contributed by atoms with E-state index in [1.54, 1.807) is 6.20 Å². The first-order chi connectivity index (χ1) is 15.0. The first-order valence-electron chi connectivity index (χ1n) is 10.4. The van der Waals surface area contributed by atoms with Crippen molar-refractivity contribution in [2.45, 2.75) is 25.7 Å². The van der Waals surface area contributed by atoms with E-state index in [1.807, 2.05) is 42.5 Å². The van der Waals surface area contributed by atoms with Crippen molar-refractivity contribution in [2.75, 3.05) is 0 Å². The molecule has 152 valence electrons. The van der Waals surface area contributed by atoms with Gasteiger partial charge in [0.05, 0.1) is 5.69 Å². The summed E-state index contributed by atoms with van der Waals surface area (Å²) in [4.78, 5) is 4.69. The fraction of sp³-hybridized carbons (Fsp3) is 0.148. The molecule has 0 amide bonds. The van der Waals surface area contributed by atoms with Crippen LogP contribution in [0.3, 0.4) is 0 Å². The van der Waals surface area contributed by atoms with Gasteiger partial charge in [0.1, 0.15) is 11.2 Å². The molecule has 0 atom stereocenters. The summed E-state index contributed by atoms with van der Waals surface area (Å²) in [5.41, 5.74) is 6.12. The second-order valence-electron chi connectivity index (χ2n) is 8.31. The van der Waals surface area contributed by atoms with Crippen LogP contribution in [0.2, 0.25) is 0 Å². The zero-order valence-electron chi connectivity index (χ0n) is 17.0. The second kappa shape index (κ2) is 6.48. The van der Waals surface area contributed by atoms with Gasteiger partial charge in [-0.2, -0.15) is 0 Å². The van der Waals surface area contributed by atoms with Gasteiger partial charge in [-0.1, -0.05) is 30.3 Å². The van der Waals surface area contributed by atoms with Gasteiger partial charge < -0.3 is 4.42 Å². The molecule has 0 saturated heterocycles. The largest absolute Gasteiger partial charge is 0.455 e. The normalized spacial score (nSPS) is 15.8. The van der Waals surface area contributed by atoms with Gasteiger partial charge in [-0.25, -0.2) is 8.78 Å². The molecule has 0 aliphatic heterocycles. The molecular weight excluding hydrogens is 392 g/mol. The average molecular weight is 411 g/mol. The van der Waals surface area contributed by atoms with Crippen LogP contribution in [0.5, 0.6) is 0 Å². The predicted octanol–water partition coefficient (Wildman–Crippen LogP) is 7.92. The SMILES string of the molecule is Cc1cc(-c2nccc3cc(C4=CC(F)(F)CC4)ccc23)c2oc3ccccc3c2c1. The summed E-state index contributed by atoms with van der Waals surface area (Å²) in [7, 11) is 0. The van der Waals surface area contributed by atoms with Gasteiger partial charge in [-0.3, -0.25) is 4.98 Å². The van der Waals surface area contributed by atoms with Gasteiger partial charge >= 0.3 is 0 Å². The second-order valence-corrected chi connectivity index (χ2v) is 8.31. The van der Waals surface area contributed by atoms with Gasteiger partial charge in [0, 0.05) is 34.3 Å². The van der Waals surface area contributed by atoms with E-state index in [4.69, 9.17) is 9.40 Å². The first-order valence-corrected chi connectivity index (χ1v) is 10.4. The van der Waals surface area contributed by atoms with Crippen molar-refractivity contribution < 1.29 is 13.2 Å². The molecular formula is C27H19F2NO. The molecule has 0 N–H and O–H groups in total. The van der Waals surface area contributed by atoms with E-state index in [-0.39, 0.29) is 6.42 Å². The summed E-state index contributed by atoms with van der Waals surface area (Å²) in [5, 5.41) is 4.10. The van der Waals surface area contributed by atoms with Crippen LogP contribution >= 0.6 is 0 Å². The number of hydrogen-bond acceptors (Lipinski definition) is 2. The van der Waals surface area contributed by atoms with Gasteiger partial charge in [0.2, 0.25) is 0 Å². The lowest BCUT2D eigenvalue weighted by molar-refractivity contribution is 0.0555. The Bertz CT molecular complexity index is 1530. The maximum absolute atomic E-state index is 13.7. The van der Waals surface area contributed by atoms with Crippen LogP contribution in [0, 0.1) is 6.92 Å². The van der Waals surface area contributed by atoms with Gasteiger partial charge in [-0.05, 0) is 71.8 Å². The number of allylic oxidation sites excluding steroid dienone is 2. The fourth-order valence-corrected chi connectivity index (χ4v) is 4.67. The number of pyridine rings is 1. The van der Waals surface area contributed by atoms with Crippen LogP contribution in [0.15, 0.2) is 77.4 Å². The molecule has 2 nitrogen and oxygen atoms in total. The molecule has 2 aromatic heterocycles. The minimum absolute atomic E-state index is 0.116. The van der Waals surface area contributed by atoms with Crippen molar-refractivity contribution in [2.24, 2.45) is 0 Å². The highest BCUT2D eigenvalue weighted by Gasteiger charge is 2.32. The maximum Gasteiger partial charge on any atom is 0.267 e. The molecule has 0 saturated carbocycles. The van der Waals surface area contributed by atoms with Crippen LogP contribution < -0.4 is 0 Å². The molecule has 1 aliphatic carbocycles. The molecule has 0 bridgehead atoms. The minimum Gasteiger partial charge on any atom is -0.455 e. The third-order valence-electron chi connectivity index (χ3n) is 6.13. The van der Waals surface area contributed by atoms with Gasteiger partial charge in [0.25, 0.3) is 5.92 Å². The topological polar surface area (TPSA) is 26.0 Å². The molecule has 6 rings (SSSR count). The van der Waals surface area contributed by atoms with Crippen molar-refractivity contribution in [3.8, 4) is 11.3 Å². The lowest BCUT2D eigenvalue weighted by atomic mass is 9.96. The Balaban J connectivity index is 1.58. The summed E-state index contributed by atoms with van der Waals surface area (Å²) in [5.74, 6) is -2.71. The van der Waals surface area contributed by atoms with Crippen molar-refractivity contribution in [1.29, 1.82) is 0 Å². The summed E-state index contributed by atoms with van der Waals surface area (Å²) >= 11 is 0. The van der Waals surface area contributed by atoms with E-state index >= 15 is 0 Å². The van der Waals surface area contributed by atoms with Crippen LogP contribution in [0.25, 0.3) is 49.5 Å². The molecule has 31 heavy (non-hydrogen) atoms. The predicted molar refractivity (Wildman–Crippen MR) is 121 cm³/mol. The number of fused-ring (bicyclic) bond motifs is 4. The lowest BCUT2D eigenvalue weighted by Gasteiger charge is -2.10. The molecule has 0 radical (unpaired) electrons. The Morgan fingerprint density at radius 1 is 0.935 bits per heavy atom. The van der Waals surface area contributed by atoms with Gasteiger partial charge in [-0.15, -0.1) is 0 Å². The van der Waals surface area contributed by atoms with Crippen molar-refractivity contribution in [3.05, 3.63) is 84.1 Å². The molecule has 0 spiro atoms. The monoisotopic (exact) mass is 411 g/mol. The number of rotatable bonds is 2. The number of aryl methyl sites for hydroxylation is 1. The molecule has 5 aromatic rings. The van der Waals surface area contributed by atoms with Crippen LogP contribution in [0.4, 0.5) is 8.78 Å². The highest BCUT2D eigenvalue weighted by Crippen LogP contribution is 2.41.